The smallest absolute Gasteiger partial charge is 0.287 e. The van der Waals surface area contributed by atoms with Gasteiger partial charge in [0.15, 0.2) is 5.76 Å². The Balaban J connectivity index is 1.26. The third-order valence-corrected chi connectivity index (χ3v) is 6.55. The number of aryl methyl sites for hydroxylation is 2. The second-order valence-electron chi connectivity index (χ2n) is 8.39. The predicted octanol–water partition coefficient (Wildman–Crippen LogP) is 3.06. The van der Waals surface area contributed by atoms with Gasteiger partial charge in [-0.1, -0.05) is 0 Å². The molecule has 7 nitrogen and oxygen atoms in total. The van der Waals surface area contributed by atoms with Crippen molar-refractivity contribution >= 4 is 5.91 Å². The molecule has 0 saturated carbocycles. The van der Waals surface area contributed by atoms with Crippen LogP contribution in [-0.4, -0.2) is 51.9 Å². The molecule has 0 bridgehead atoms. The first-order valence-electron chi connectivity index (χ1n) is 10.7. The highest BCUT2D eigenvalue weighted by molar-refractivity contribution is 5.91. The van der Waals surface area contributed by atoms with Gasteiger partial charge in [-0.25, -0.2) is 0 Å². The average Bonchev–Trinajstić information content (AvgIpc) is 3.45. The SMILES string of the molecule is CCn1nc(C)c(CN2CCC3(CCC(CNC(=O)c4ccco4)O3)CC2)c1C. The Bertz CT molecular complexity index is 835. The molecule has 7 heteroatoms. The largest absolute Gasteiger partial charge is 0.459 e. The molecule has 158 valence electrons. The molecule has 1 spiro atoms. The zero-order valence-corrected chi connectivity index (χ0v) is 17.7. The standard InChI is InChI=1S/C22H32N4O3/c1-4-26-17(3)19(16(2)24-26)15-25-11-9-22(10-12-25)8-7-18(29-22)14-23-21(27)20-6-5-13-28-20/h5-6,13,18H,4,7-12,14-15H2,1-3H3,(H,23,27). The van der Waals surface area contributed by atoms with Crippen molar-refractivity contribution in [3.8, 4) is 0 Å². The summed E-state index contributed by atoms with van der Waals surface area (Å²) in [5.74, 6) is 0.177. The number of hydrogen-bond acceptors (Lipinski definition) is 5. The van der Waals surface area contributed by atoms with Crippen molar-refractivity contribution in [1.82, 2.24) is 20.0 Å². The van der Waals surface area contributed by atoms with Crippen LogP contribution in [0.1, 0.15) is 60.1 Å². The molecular weight excluding hydrogens is 368 g/mol. The summed E-state index contributed by atoms with van der Waals surface area (Å²) in [4.78, 5) is 14.6. The Kier molecular flexibility index (Phi) is 5.79. The summed E-state index contributed by atoms with van der Waals surface area (Å²) in [7, 11) is 0. The number of piperidine rings is 1. The number of hydrogen-bond donors (Lipinski definition) is 1. The molecule has 1 amide bonds. The number of carbonyl (C=O) groups excluding carboxylic acids is 1. The minimum Gasteiger partial charge on any atom is -0.459 e. The number of likely N-dealkylation sites (tertiary alicyclic amines) is 1. The van der Waals surface area contributed by atoms with Gasteiger partial charge in [0, 0.05) is 44.0 Å². The van der Waals surface area contributed by atoms with Crippen LogP contribution in [-0.2, 0) is 17.8 Å². The van der Waals surface area contributed by atoms with Gasteiger partial charge in [0.2, 0.25) is 0 Å². The molecule has 1 N–H and O–H groups in total. The van der Waals surface area contributed by atoms with E-state index in [1.165, 1.54) is 17.5 Å². The second kappa shape index (κ2) is 8.32. The van der Waals surface area contributed by atoms with E-state index in [9.17, 15) is 4.79 Å². The third kappa shape index (κ3) is 4.26. The molecule has 0 radical (unpaired) electrons. The predicted molar refractivity (Wildman–Crippen MR) is 110 cm³/mol. The molecule has 4 rings (SSSR count). The minimum atomic E-state index is -0.173. The van der Waals surface area contributed by atoms with Gasteiger partial charge in [0.25, 0.3) is 5.91 Å². The number of carbonyl (C=O) groups is 1. The van der Waals surface area contributed by atoms with E-state index in [-0.39, 0.29) is 17.6 Å². The molecule has 1 unspecified atom stereocenters. The molecule has 0 aromatic carbocycles. The number of nitrogens with one attached hydrogen (secondary N) is 1. The van der Waals surface area contributed by atoms with Crippen LogP contribution >= 0.6 is 0 Å². The van der Waals surface area contributed by atoms with Crippen LogP contribution in [0.25, 0.3) is 0 Å². The van der Waals surface area contributed by atoms with Crippen LogP contribution in [0.15, 0.2) is 22.8 Å². The van der Waals surface area contributed by atoms with Crippen LogP contribution in [0, 0.1) is 13.8 Å². The maximum atomic E-state index is 12.1. The van der Waals surface area contributed by atoms with Crippen molar-refractivity contribution in [2.75, 3.05) is 19.6 Å². The molecular formula is C22H32N4O3. The van der Waals surface area contributed by atoms with Crippen LogP contribution < -0.4 is 5.32 Å². The van der Waals surface area contributed by atoms with Crippen LogP contribution in [0.3, 0.4) is 0 Å². The van der Waals surface area contributed by atoms with E-state index >= 15 is 0 Å². The molecule has 4 heterocycles. The fourth-order valence-corrected chi connectivity index (χ4v) is 4.72. The maximum absolute atomic E-state index is 12.1. The van der Waals surface area contributed by atoms with Crippen LogP contribution in [0.5, 0.6) is 0 Å². The van der Waals surface area contributed by atoms with Crippen molar-refractivity contribution < 1.29 is 13.9 Å². The van der Waals surface area contributed by atoms with E-state index < -0.39 is 0 Å². The Morgan fingerprint density at radius 3 is 2.76 bits per heavy atom. The van der Waals surface area contributed by atoms with Gasteiger partial charge < -0.3 is 14.5 Å². The lowest BCUT2D eigenvalue weighted by atomic mass is 9.88. The normalized spacial score (nSPS) is 21.7. The number of amides is 1. The van der Waals surface area contributed by atoms with Crippen molar-refractivity contribution in [2.45, 2.75) is 71.2 Å². The Labute approximate surface area is 172 Å². The van der Waals surface area contributed by atoms with Crippen molar-refractivity contribution in [3.63, 3.8) is 0 Å². The summed E-state index contributed by atoms with van der Waals surface area (Å²) in [6, 6.07) is 3.40. The number of aromatic nitrogens is 2. The van der Waals surface area contributed by atoms with E-state index in [1.807, 2.05) is 0 Å². The quantitative estimate of drug-likeness (QED) is 0.807. The molecule has 2 aliphatic rings. The van der Waals surface area contributed by atoms with Crippen LogP contribution in [0.4, 0.5) is 0 Å². The highest BCUT2D eigenvalue weighted by Gasteiger charge is 2.42. The van der Waals surface area contributed by atoms with Crippen molar-refractivity contribution in [3.05, 3.63) is 41.1 Å². The molecule has 2 aliphatic heterocycles. The minimum absolute atomic E-state index is 0.0196. The summed E-state index contributed by atoms with van der Waals surface area (Å²) in [5, 5.41) is 7.59. The molecule has 2 aromatic heterocycles. The van der Waals surface area contributed by atoms with Gasteiger partial charge >= 0.3 is 0 Å². The van der Waals surface area contributed by atoms with E-state index in [1.54, 1.807) is 12.1 Å². The molecule has 2 saturated heterocycles. The second-order valence-corrected chi connectivity index (χ2v) is 8.39. The Morgan fingerprint density at radius 1 is 1.31 bits per heavy atom. The highest BCUT2D eigenvalue weighted by atomic mass is 16.5. The zero-order chi connectivity index (χ0) is 20.4. The van der Waals surface area contributed by atoms with E-state index in [0.29, 0.717) is 12.3 Å². The highest BCUT2D eigenvalue weighted by Crippen LogP contribution is 2.39. The van der Waals surface area contributed by atoms with Gasteiger partial charge in [-0.3, -0.25) is 14.4 Å². The lowest BCUT2D eigenvalue weighted by Crippen LogP contribution is -2.45. The summed E-state index contributed by atoms with van der Waals surface area (Å²) < 4.78 is 13.7. The molecule has 29 heavy (non-hydrogen) atoms. The Morgan fingerprint density at radius 2 is 2.10 bits per heavy atom. The topological polar surface area (TPSA) is 72.5 Å². The van der Waals surface area contributed by atoms with E-state index in [2.05, 4.69) is 40.8 Å². The lowest BCUT2D eigenvalue weighted by Gasteiger charge is -2.39. The average molecular weight is 401 g/mol. The molecule has 0 aliphatic carbocycles. The molecule has 2 aromatic rings. The third-order valence-electron chi connectivity index (χ3n) is 6.55. The maximum Gasteiger partial charge on any atom is 0.287 e. The number of nitrogens with zero attached hydrogens (tertiary/aromatic N) is 3. The zero-order valence-electron chi connectivity index (χ0n) is 17.7. The Hall–Kier alpha value is -2.12. The first-order valence-corrected chi connectivity index (χ1v) is 10.7. The first-order chi connectivity index (χ1) is 14.0. The molecule has 1 atom stereocenters. The van der Waals surface area contributed by atoms with Crippen molar-refractivity contribution in [2.24, 2.45) is 0 Å². The number of rotatable bonds is 6. The van der Waals surface area contributed by atoms with Crippen molar-refractivity contribution in [1.29, 1.82) is 0 Å². The van der Waals surface area contributed by atoms with Gasteiger partial charge in [0.05, 0.1) is 23.7 Å². The van der Waals surface area contributed by atoms with Gasteiger partial charge in [-0.15, -0.1) is 0 Å². The fraction of sp³-hybridized carbons (Fsp3) is 0.636. The van der Waals surface area contributed by atoms with E-state index in [4.69, 9.17) is 9.15 Å². The van der Waals surface area contributed by atoms with Gasteiger partial charge in [-0.2, -0.15) is 5.10 Å². The van der Waals surface area contributed by atoms with E-state index in [0.717, 1.165) is 57.6 Å². The lowest BCUT2D eigenvalue weighted by molar-refractivity contribution is -0.0765. The van der Waals surface area contributed by atoms with Gasteiger partial charge in [-0.05, 0) is 58.6 Å². The summed E-state index contributed by atoms with van der Waals surface area (Å²) >= 11 is 0. The summed E-state index contributed by atoms with van der Waals surface area (Å²) in [6.07, 6.45) is 5.78. The molecule has 2 fully saturated rings. The summed E-state index contributed by atoms with van der Waals surface area (Å²) in [6.45, 7) is 10.9. The van der Waals surface area contributed by atoms with Crippen LogP contribution in [0.2, 0.25) is 0 Å². The number of ether oxygens (including phenoxy) is 1. The summed E-state index contributed by atoms with van der Waals surface area (Å²) in [5.41, 5.74) is 3.78. The first kappa shape index (κ1) is 20.2. The number of furan rings is 1. The fourth-order valence-electron chi connectivity index (χ4n) is 4.72. The van der Waals surface area contributed by atoms with Gasteiger partial charge in [0.1, 0.15) is 0 Å². The monoisotopic (exact) mass is 400 g/mol.